The predicted molar refractivity (Wildman–Crippen MR) is 46.4 cm³/mol. The molecule has 1 aliphatic rings. The van der Waals surface area contributed by atoms with E-state index in [1.54, 1.807) is 0 Å². The molecule has 0 bridgehead atoms. The van der Waals surface area contributed by atoms with Gasteiger partial charge in [0.15, 0.2) is 5.82 Å². The Labute approximate surface area is 75.5 Å². The maximum atomic E-state index is 10.8. The van der Waals surface area contributed by atoms with E-state index in [0.29, 0.717) is 5.82 Å². The zero-order valence-corrected chi connectivity index (χ0v) is 7.59. The van der Waals surface area contributed by atoms with Crippen LogP contribution in [0.15, 0.2) is 4.79 Å². The molecule has 0 spiro atoms. The molecule has 2 N–H and O–H groups in total. The lowest BCUT2D eigenvalue weighted by molar-refractivity contribution is -0.0758. The van der Waals surface area contributed by atoms with Crippen molar-refractivity contribution in [2.75, 3.05) is 6.61 Å². The lowest BCUT2D eigenvalue weighted by atomic mass is 9.95. The van der Waals surface area contributed by atoms with Crippen molar-refractivity contribution in [2.24, 2.45) is 0 Å². The minimum absolute atomic E-state index is 0.273. The van der Waals surface area contributed by atoms with Crippen molar-refractivity contribution in [3.63, 3.8) is 0 Å². The van der Waals surface area contributed by atoms with Crippen molar-refractivity contribution >= 4 is 0 Å². The second-order valence-corrected chi connectivity index (χ2v) is 3.56. The van der Waals surface area contributed by atoms with Crippen molar-refractivity contribution in [3.05, 3.63) is 16.3 Å². The van der Waals surface area contributed by atoms with Gasteiger partial charge in [0.2, 0.25) is 0 Å². The highest BCUT2D eigenvalue weighted by molar-refractivity contribution is 4.98. The van der Waals surface area contributed by atoms with Gasteiger partial charge in [-0.1, -0.05) is 0 Å². The summed E-state index contributed by atoms with van der Waals surface area (Å²) in [5.41, 5.74) is -0.678. The fourth-order valence-corrected chi connectivity index (χ4v) is 1.64. The molecule has 1 aliphatic heterocycles. The van der Waals surface area contributed by atoms with Crippen LogP contribution in [-0.2, 0) is 10.3 Å². The molecule has 1 unspecified atom stereocenters. The molecule has 13 heavy (non-hydrogen) atoms. The third-order valence-corrected chi connectivity index (χ3v) is 2.47. The molecule has 0 radical (unpaired) electrons. The first-order chi connectivity index (χ1) is 6.21. The first-order valence-corrected chi connectivity index (χ1v) is 4.50. The summed E-state index contributed by atoms with van der Waals surface area (Å²) in [6.45, 7) is 2.70. The minimum Gasteiger partial charge on any atom is -0.367 e. The van der Waals surface area contributed by atoms with Crippen LogP contribution < -0.4 is 5.69 Å². The van der Waals surface area contributed by atoms with Crippen LogP contribution in [-0.4, -0.2) is 21.8 Å². The summed E-state index contributed by atoms with van der Waals surface area (Å²) in [5, 5.41) is 6.24. The van der Waals surface area contributed by atoms with Crippen LogP contribution in [0.4, 0.5) is 0 Å². The van der Waals surface area contributed by atoms with Gasteiger partial charge in [-0.05, 0) is 26.2 Å². The van der Waals surface area contributed by atoms with Gasteiger partial charge in [0, 0.05) is 6.61 Å². The molecule has 0 saturated carbocycles. The Morgan fingerprint density at radius 2 is 2.38 bits per heavy atom. The van der Waals surface area contributed by atoms with Crippen LogP contribution in [0.25, 0.3) is 0 Å². The van der Waals surface area contributed by atoms with E-state index in [0.717, 1.165) is 25.9 Å². The number of aromatic amines is 2. The summed E-state index contributed by atoms with van der Waals surface area (Å²) < 4.78 is 5.61. The predicted octanol–water partition coefficient (Wildman–Crippen LogP) is 0.514. The first-order valence-electron chi connectivity index (χ1n) is 4.50. The molecule has 1 saturated heterocycles. The van der Waals surface area contributed by atoms with Crippen molar-refractivity contribution < 1.29 is 4.74 Å². The zero-order valence-electron chi connectivity index (χ0n) is 7.59. The van der Waals surface area contributed by atoms with Gasteiger partial charge < -0.3 is 4.74 Å². The van der Waals surface area contributed by atoms with Crippen LogP contribution in [0.5, 0.6) is 0 Å². The normalized spacial score (nSPS) is 29.0. The van der Waals surface area contributed by atoms with Crippen LogP contribution in [0, 0.1) is 0 Å². The number of nitrogens with zero attached hydrogens (tertiary/aromatic N) is 1. The third kappa shape index (κ3) is 1.51. The summed E-state index contributed by atoms with van der Waals surface area (Å²) in [7, 11) is 0. The van der Waals surface area contributed by atoms with Gasteiger partial charge in [0.05, 0.1) is 0 Å². The lowest BCUT2D eigenvalue weighted by Crippen LogP contribution is -2.31. The highest BCUT2D eigenvalue weighted by Gasteiger charge is 2.33. The van der Waals surface area contributed by atoms with E-state index in [4.69, 9.17) is 4.74 Å². The van der Waals surface area contributed by atoms with Gasteiger partial charge in [-0.15, -0.1) is 0 Å². The average molecular weight is 183 g/mol. The van der Waals surface area contributed by atoms with Gasteiger partial charge in [-0.3, -0.25) is 4.98 Å². The van der Waals surface area contributed by atoms with Crippen LogP contribution in [0.2, 0.25) is 0 Å². The molecule has 0 aliphatic carbocycles. The summed E-state index contributed by atoms with van der Waals surface area (Å²) >= 11 is 0. The molecule has 1 fully saturated rings. The Hall–Kier alpha value is -1.10. The molecular weight excluding hydrogens is 170 g/mol. The molecule has 1 atom stereocenters. The van der Waals surface area contributed by atoms with E-state index < -0.39 is 5.60 Å². The highest BCUT2D eigenvalue weighted by Crippen LogP contribution is 2.31. The summed E-state index contributed by atoms with van der Waals surface area (Å²) in [5.74, 6) is 0.609. The second-order valence-electron chi connectivity index (χ2n) is 3.56. The van der Waals surface area contributed by atoms with Gasteiger partial charge in [0.1, 0.15) is 5.60 Å². The van der Waals surface area contributed by atoms with Crippen LogP contribution in [0.1, 0.15) is 32.0 Å². The standard InChI is InChI=1S/C8H13N3O2/c1-8(4-2-3-5-13-8)6-9-7(12)11-10-6/h2-5H2,1H3,(H2,9,10,11,12). The minimum atomic E-state index is -0.405. The highest BCUT2D eigenvalue weighted by atomic mass is 16.5. The fourth-order valence-electron chi connectivity index (χ4n) is 1.64. The quantitative estimate of drug-likeness (QED) is 0.666. The van der Waals surface area contributed by atoms with Gasteiger partial charge >= 0.3 is 5.69 Å². The van der Waals surface area contributed by atoms with E-state index in [1.165, 1.54) is 0 Å². The summed E-state index contributed by atoms with van der Waals surface area (Å²) in [6.07, 6.45) is 3.11. The average Bonchev–Trinajstić information content (AvgIpc) is 2.54. The number of rotatable bonds is 1. The van der Waals surface area contributed by atoms with Crippen molar-refractivity contribution in [1.82, 2.24) is 15.2 Å². The third-order valence-electron chi connectivity index (χ3n) is 2.47. The Morgan fingerprint density at radius 1 is 1.54 bits per heavy atom. The van der Waals surface area contributed by atoms with Crippen LogP contribution in [0.3, 0.4) is 0 Å². The lowest BCUT2D eigenvalue weighted by Gasteiger charge is -2.31. The van der Waals surface area contributed by atoms with E-state index in [9.17, 15) is 4.79 Å². The molecule has 0 amide bonds. The molecule has 2 rings (SSSR count). The molecule has 1 aromatic rings. The number of aromatic nitrogens is 3. The number of ether oxygens (including phenoxy) is 1. The maximum absolute atomic E-state index is 10.8. The molecule has 0 aromatic carbocycles. The summed E-state index contributed by atoms with van der Waals surface area (Å²) in [4.78, 5) is 13.5. The molecule has 2 heterocycles. The molecule has 1 aromatic heterocycles. The molecule has 5 heteroatoms. The van der Waals surface area contributed by atoms with Crippen LogP contribution >= 0.6 is 0 Å². The number of H-pyrrole nitrogens is 2. The number of hydrogen-bond acceptors (Lipinski definition) is 3. The van der Waals surface area contributed by atoms with E-state index >= 15 is 0 Å². The monoisotopic (exact) mass is 183 g/mol. The zero-order chi connectivity index (χ0) is 9.31. The smallest absolute Gasteiger partial charge is 0.340 e. The van der Waals surface area contributed by atoms with Crippen molar-refractivity contribution in [3.8, 4) is 0 Å². The number of nitrogens with one attached hydrogen (secondary N) is 2. The maximum Gasteiger partial charge on any atom is 0.340 e. The number of hydrogen-bond donors (Lipinski definition) is 2. The van der Waals surface area contributed by atoms with Crippen molar-refractivity contribution in [1.29, 1.82) is 0 Å². The Morgan fingerprint density at radius 3 is 2.92 bits per heavy atom. The first kappa shape index (κ1) is 8.50. The Bertz CT molecular complexity index is 335. The Balaban J connectivity index is 2.27. The molecular formula is C8H13N3O2. The fraction of sp³-hybridized carbons (Fsp3) is 0.750. The van der Waals surface area contributed by atoms with Gasteiger partial charge in [-0.2, -0.15) is 5.10 Å². The topological polar surface area (TPSA) is 70.8 Å². The van der Waals surface area contributed by atoms with Gasteiger partial charge in [0.25, 0.3) is 0 Å². The van der Waals surface area contributed by atoms with E-state index in [1.807, 2.05) is 6.92 Å². The van der Waals surface area contributed by atoms with E-state index in [2.05, 4.69) is 15.2 Å². The molecule has 5 nitrogen and oxygen atoms in total. The summed E-state index contributed by atoms with van der Waals surface area (Å²) in [6, 6.07) is 0. The second kappa shape index (κ2) is 2.99. The SMILES string of the molecule is CC1(c2n[nH]c(=O)[nH]2)CCCCO1. The Kier molecular flexibility index (Phi) is 1.95. The largest absolute Gasteiger partial charge is 0.367 e. The van der Waals surface area contributed by atoms with Gasteiger partial charge in [-0.25, -0.2) is 9.89 Å². The molecule has 72 valence electrons. The van der Waals surface area contributed by atoms with E-state index in [-0.39, 0.29) is 5.69 Å². The van der Waals surface area contributed by atoms with Crippen molar-refractivity contribution in [2.45, 2.75) is 31.8 Å².